The summed E-state index contributed by atoms with van der Waals surface area (Å²) in [5.74, 6) is 0.723. The minimum atomic E-state index is -0.475. The zero-order chi connectivity index (χ0) is 25.1. The van der Waals surface area contributed by atoms with Gasteiger partial charge in [-0.2, -0.15) is 5.10 Å². The van der Waals surface area contributed by atoms with Crippen molar-refractivity contribution in [1.82, 2.24) is 34.9 Å². The molecule has 0 radical (unpaired) electrons. The topological polar surface area (TPSA) is 85.9 Å². The molecule has 1 aromatic carbocycles. The Morgan fingerprint density at radius 1 is 1.03 bits per heavy atom. The van der Waals surface area contributed by atoms with Crippen molar-refractivity contribution in [3.05, 3.63) is 59.8 Å². The molecule has 4 heterocycles. The molecule has 8 nitrogen and oxygen atoms in total. The van der Waals surface area contributed by atoms with E-state index in [4.69, 9.17) is 0 Å². The van der Waals surface area contributed by atoms with E-state index in [1.165, 1.54) is 24.7 Å². The minimum absolute atomic E-state index is 0.240. The van der Waals surface area contributed by atoms with Crippen LogP contribution in [0.5, 0.6) is 0 Å². The van der Waals surface area contributed by atoms with Crippen molar-refractivity contribution >= 4 is 22.7 Å². The minimum Gasteiger partial charge on any atom is -0.309 e. The summed E-state index contributed by atoms with van der Waals surface area (Å²) < 4.78 is 14.7. The predicted molar refractivity (Wildman–Crippen MR) is 141 cm³/mol. The van der Waals surface area contributed by atoms with Crippen LogP contribution >= 0.6 is 0 Å². The van der Waals surface area contributed by atoms with E-state index in [0.29, 0.717) is 17.3 Å². The second-order valence-corrected chi connectivity index (χ2v) is 9.71. The molecule has 0 unspecified atom stereocenters. The maximum absolute atomic E-state index is 14.7. The number of halogens is 1. The normalized spacial score (nSPS) is 15.1. The van der Waals surface area contributed by atoms with Gasteiger partial charge >= 0.3 is 0 Å². The lowest BCUT2D eigenvalue weighted by Gasteiger charge is -2.34. The summed E-state index contributed by atoms with van der Waals surface area (Å²) in [5.41, 5.74) is 3.95. The predicted octanol–water partition coefficient (Wildman–Crippen LogP) is 4.95. The molecule has 3 aromatic heterocycles. The van der Waals surface area contributed by atoms with Crippen LogP contribution < -0.4 is 5.32 Å². The van der Waals surface area contributed by atoms with Crippen molar-refractivity contribution in [2.45, 2.75) is 39.7 Å². The summed E-state index contributed by atoms with van der Waals surface area (Å²) in [6, 6.07) is 9.63. The van der Waals surface area contributed by atoms with Gasteiger partial charge in [-0.3, -0.25) is 10.00 Å². The van der Waals surface area contributed by atoms with Crippen molar-refractivity contribution in [3.8, 4) is 11.3 Å². The summed E-state index contributed by atoms with van der Waals surface area (Å²) in [4.78, 5) is 18.1. The van der Waals surface area contributed by atoms with Gasteiger partial charge in [0.1, 0.15) is 11.5 Å². The Bertz CT molecular complexity index is 1310. The van der Waals surface area contributed by atoms with Crippen molar-refractivity contribution < 1.29 is 4.39 Å². The number of nitrogens with zero attached hydrogens (tertiary/aromatic N) is 6. The maximum atomic E-state index is 14.7. The van der Waals surface area contributed by atoms with Crippen LogP contribution in [0.1, 0.15) is 44.4 Å². The zero-order valence-corrected chi connectivity index (χ0v) is 21.1. The molecule has 0 aliphatic carbocycles. The van der Waals surface area contributed by atoms with E-state index in [2.05, 4.69) is 67.1 Å². The van der Waals surface area contributed by atoms with Crippen LogP contribution in [0, 0.1) is 5.82 Å². The van der Waals surface area contributed by atoms with Crippen LogP contribution in [0.2, 0.25) is 0 Å². The number of H-pyrrole nitrogens is 1. The van der Waals surface area contributed by atoms with Crippen LogP contribution in [0.4, 0.5) is 16.2 Å². The standard InChI is InChI=1S/C27H33FN8/c1-4-9-35-10-12-36(13-11-35)17-19-5-8-24(29-15-19)31-27-30-16-22(28)26(32-27)20-6-7-23-21(14-20)25(18(2)3)34-33-23/h5-8,14-16,18H,4,9-13,17H2,1-3H3,(H,33,34)(H,29,30,31,32). The van der Waals surface area contributed by atoms with Crippen molar-refractivity contribution in [1.29, 1.82) is 0 Å². The first-order valence-electron chi connectivity index (χ1n) is 12.7. The van der Waals surface area contributed by atoms with E-state index in [1.54, 1.807) is 0 Å². The van der Waals surface area contributed by atoms with Crippen molar-refractivity contribution in [3.63, 3.8) is 0 Å². The van der Waals surface area contributed by atoms with Gasteiger partial charge < -0.3 is 10.2 Å². The van der Waals surface area contributed by atoms with Crippen LogP contribution in [0.25, 0.3) is 22.2 Å². The molecule has 5 rings (SSSR count). The average molecular weight is 489 g/mol. The lowest BCUT2D eigenvalue weighted by atomic mass is 10.0. The van der Waals surface area contributed by atoms with E-state index < -0.39 is 5.82 Å². The van der Waals surface area contributed by atoms with E-state index in [1.807, 2.05) is 30.5 Å². The molecular formula is C27H33FN8. The maximum Gasteiger partial charge on any atom is 0.229 e. The molecule has 1 fully saturated rings. The summed E-state index contributed by atoms with van der Waals surface area (Å²) in [6.45, 7) is 12.9. The fourth-order valence-corrected chi connectivity index (χ4v) is 4.70. The number of hydrogen-bond donors (Lipinski definition) is 2. The number of fused-ring (bicyclic) bond motifs is 1. The Hall–Kier alpha value is -3.43. The molecule has 0 atom stereocenters. The van der Waals surface area contributed by atoms with Gasteiger partial charge in [0.25, 0.3) is 0 Å². The molecule has 1 aliphatic rings. The summed E-state index contributed by atoms with van der Waals surface area (Å²) in [7, 11) is 0. The number of rotatable bonds is 8. The third-order valence-corrected chi connectivity index (χ3v) is 6.65. The fourth-order valence-electron chi connectivity index (χ4n) is 4.70. The molecule has 188 valence electrons. The van der Waals surface area contributed by atoms with Crippen LogP contribution in [-0.4, -0.2) is 67.7 Å². The Morgan fingerprint density at radius 3 is 2.56 bits per heavy atom. The molecule has 2 N–H and O–H groups in total. The number of benzene rings is 1. The summed E-state index contributed by atoms with van der Waals surface area (Å²) in [6.07, 6.45) is 4.28. The lowest BCUT2D eigenvalue weighted by molar-refractivity contribution is 0.127. The van der Waals surface area contributed by atoms with Gasteiger partial charge in [0.05, 0.1) is 11.7 Å². The molecule has 4 aromatic rings. The third kappa shape index (κ3) is 5.37. The molecule has 0 saturated carbocycles. The highest BCUT2D eigenvalue weighted by Gasteiger charge is 2.17. The van der Waals surface area contributed by atoms with Gasteiger partial charge in [0, 0.05) is 55.6 Å². The van der Waals surface area contributed by atoms with Gasteiger partial charge in [-0.1, -0.05) is 32.9 Å². The molecule has 9 heteroatoms. The highest BCUT2D eigenvalue weighted by Crippen LogP contribution is 2.29. The first-order valence-corrected chi connectivity index (χ1v) is 12.7. The van der Waals surface area contributed by atoms with Gasteiger partial charge in [0.2, 0.25) is 5.95 Å². The van der Waals surface area contributed by atoms with E-state index in [9.17, 15) is 4.39 Å². The molecule has 36 heavy (non-hydrogen) atoms. The van der Waals surface area contributed by atoms with Gasteiger partial charge in [-0.25, -0.2) is 19.3 Å². The van der Waals surface area contributed by atoms with E-state index >= 15 is 0 Å². The zero-order valence-electron chi connectivity index (χ0n) is 21.1. The molecule has 1 aliphatic heterocycles. The Labute approximate surface area is 211 Å². The molecule has 0 spiro atoms. The third-order valence-electron chi connectivity index (χ3n) is 6.65. The summed E-state index contributed by atoms with van der Waals surface area (Å²) in [5, 5.41) is 11.5. The largest absolute Gasteiger partial charge is 0.309 e. The quantitative estimate of drug-likeness (QED) is 0.363. The average Bonchev–Trinajstić information content (AvgIpc) is 3.31. The van der Waals surface area contributed by atoms with Crippen molar-refractivity contribution in [2.24, 2.45) is 0 Å². The number of nitrogens with one attached hydrogen (secondary N) is 2. The molecule has 1 saturated heterocycles. The first-order chi connectivity index (χ1) is 17.5. The van der Waals surface area contributed by atoms with Crippen LogP contribution in [0.15, 0.2) is 42.7 Å². The van der Waals surface area contributed by atoms with Gasteiger partial charge in [0.15, 0.2) is 5.82 Å². The second kappa shape index (κ2) is 10.7. The molecule has 0 bridgehead atoms. The molecule has 0 amide bonds. The number of hydrogen-bond acceptors (Lipinski definition) is 7. The van der Waals surface area contributed by atoms with Crippen LogP contribution in [0.3, 0.4) is 0 Å². The monoisotopic (exact) mass is 488 g/mol. The fraction of sp³-hybridized carbons (Fsp3) is 0.407. The first kappa shape index (κ1) is 24.3. The van der Waals surface area contributed by atoms with Gasteiger partial charge in [-0.05, 0) is 42.6 Å². The summed E-state index contributed by atoms with van der Waals surface area (Å²) >= 11 is 0. The number of piperazine rings is 1. The lowest BCUT2D eigenvalue weighted by Crippen LogP contribution is -2.45. The van der Waals surface area contributed by atoms with E-state index in [-0.39, 0.29) is 11.6 Å². The smallest absolute Gasteiger partial charge is 0.229 e. The number of aromatic amines is 1. The number of anilines is 2. The Balaban J connectivity index is 1.28. The number of aromatic nitrogens is 5. The SMILES string of the molecule is CCCN1CCN(Cc2ccc(Nc3ncc(F)c(-c4ccc5n[nH]c(C(C)C)c5c4)n3)nc2)CC1. The molecular weight excluding hydrogens is 455 g/mol. The highest BCUT2D eigenvalue weighted by molar-refractivity contribution is 5.86. The number of pyridine rings is 1. The van der Waals surface area contributed by atoms with Crippen molar-refractivity contribution in [2.75, 3.05) is 38.0 Å². The Kier molecular flexibility index (Phi) is 7.20. The van der Waals surface area contributed by atoms with E-state index in [0.717, 1.165) is 49.3 Å². The highest BCUT2D eigenvalue weighted by atomic mass is 19.1. The second-order valence-electron chi connectivity index (χ2n) is 9.71. The van der Waals surface area contributed by atoms with Crippen LogP contribution in [-0.2, 0) is 6.54 Å². The van der Waals surface area contributed by atoms with Gasteiger partial charge in [-0.15, -0.1) is 0 Å². The Morgan fingerprint density at radius 2 is 1.83 bits per heavy atom.